The van der Waals surface area contributed by atoms with Gasteiger partial charge in [-0.25, -0.2) is 0 Å². The Balaban J connectivity index is 3.09. The molecule has 0 aromatic carbocycles. The zero-order valence-corrected chi connectivity index (χ0v) is 9.54. The molecular weight excluding hydrogens is 185 g/mol. The fourth-order valence-corrected chi connectivity index (χ4v) is 4.41. The van der Waals surface area contributed by atoms with E-state index in [4.69, 9.17) is 4.74 Å². The molecule has 0 unspecified atom stereocenters. The molecule has 0 aliphatic rings. The minimum absolute atomic E-state index is 0.595. The summed E-state index contributed by atoms with van der Waals surface area (Å²) < 4.78 is 5.31. The zero-order valence-electron chi connectivity index (χ0n) is 7.44. The van der Waals surface area contributed by atoms with Gasteiger partial charge in [0.05, 0.1) is 0 Å². The summed E-state index contributed by atoms with van der Waals surface area (Å²) in [5.74, 6) is 0. The van der Waals surface area contributed by atoms with Crippen LogP contribution in [-0.2, 0) is 4.74 Å². The molecule has 0 heterocycles. The SMILES string of the molecule is CCOC[CH2][Ge]([CH2]C)[CH2]C. The van der Waals surface area contributed by atoms with Crippen LogP contribution >= 0.6 is 0 Å². The van der Waals surface area contributed by atoms with Crippen LogP contribution in [0.15, 0.2) is 0 Å². The molecular formula is C8H19GeO. The van der Waals surface area contributed by atoms with Crippen molar-refractivity contribution in [1.82, 2.24) is 0 Å². The van der Waals surface area contributed by atoms with Gasteiger partial charge in [-0.1, -0.05) is 0 Å². The van der Waals surface area contributed by atoms with E-state index in [-0.39, 0.29) is 0 Å². The molecule has 0 amide bonds. The normalized spacial score (nSPS) is 10.8. The minimum atomic E-state index is -0.595. The Morgan fingerprint density at radius 2 is 1.70 bits per heavy atom. The first-order valence-corrected chi connectivity index (χ1v) is 8.71. The third-order valence-electron chi connectivity index (χ3n) is 1.80. The van der Waals surface area contributed by atoms with Crippen molar-refractivity contribution in [2.75, 3.05) is 13.2 Å². The summed E-state index contributed by atoms with van der Waals surface area (Å²) in [6.45, 7) is 8.62. The molecule has 0 aliphatic heterocycles. The Morgan fingerprint density at radius 3 is 2.10 bits per heavy atom. The Morgan fingerprint density at radius 1 is 1.10 bits per heavy atom. The van der Waals surface area contributed by atoms with Gasteiger partial charge in [-0.3, -0.25) is 0 Å². The topological polar surface area (TPSA) is 9.23 Å². The molecule has 10 heavy (non-hydrogen) atoms. The summed E-state index contributed by atoms with van der Waals surface area (Å²) in [4.78, 5) is 0. The van der Waals surface area contributed by atoms with Crippen molar-refractivity contribution in [3.05, 3.63) is 0 Å². The number of hydrogen-bond acceptors (Lipinski definition) is 1. The van der Waals surface area contributed by atoms with Gasteiger partial charge < -0.3 is 0 Å². The predicted octanol–water partition coefficient (Wildman–Crippen LogP) is 2.56. The number of hydrogen-bond donors (Lipinski definition) is 0. The molecule has 0 rings (SSSR count). The van der Waals surface area contributed by atoms with Crippen LogP contribution in [0.3, 0.4) is 0 Å². The second-order valence-electron chi connectivity index (χ2n) is 2.40. The van der Waals surface area contributed by atoms with Crippen molar-refractivity contribution in [1.29, 1.82) is 0 Å². The molecule has 0 N–H and O–H groups in total. The molecule has 1 nitrogen and oxygen atoms in total. The summed E-state index contributed by atoms with van der Waals surface area (Å²) in [6, 6.07) is 0. The van der Waals surface area contributed by atoms with Crippen molar-refractivity contribution in [2.45, 2.75) is 36.5 Å². The van der Waals surface area contributed by atoms with Gasteiger partial charge >= 0.3 is 68.8 Å². The van der Waals surface area contributed by atoms with Gasteiger partial charge in [-0.2, -0.15) is 0 Å². The molecule has 0 aromatic heterocycles. The molecule has 61 valence electrons. The molecule has 2 heteroatoms. The Kier molecular flexibility index (Phi) is 7.99. The van der Waals surface area contributed by atoms with E-state index in [9.17, 15) is 0 Å². The monoisotopic (exact) mass is 205 g/mol. The first kappa shape index (κ1) is 10.5. The number of ether oxygens (including phenoxy) is 1. The quantitative estimate of drug-likeness (QED) is 0.477. The van der Waals surface area contributed by atoms with Gasteiger partial charge in [0.25, 0.3) is 0 Å². The number of rotatable bonds is 6. The summed E-state index contributed by atoms with van der Waals surface area (Å²) in [5, 5.41) is 4.33. The molecule has 0 saturated heterocycles. The van der Waals surface area contributed by atoms with E-state index in [1.165, 1.54) is 15.8 Å². The van der Waals surface area contributed by atoms with Gasteiger partial charge in [-0.05, 0) is 0 Å². The predicted molar refractivity (Wildman–Crippen MR) is 48.0 cm³/mol. The van der Waals surface area contributed by atoms with Crippen LogP contribution in [0.5, 0.6) is 0 Å². The first-order valence-electron chi connectivity index (χ1n) is 4.26. The van der Waals surface area contributed by atoms with E-state index >= 15 is 0 Å². The second kappa shape index (κ2) is 7.61. The third kappa shape index (κ3) is 5.30. The van der Waals surface area contributed by atoms with E-state index in [1.807, 2.05) is 0 Å². The maximum absolute atomic E-state index is 5.31. The van der Waals surface area contributed by atoms with E-state index in [1.54, 1.807) is 0 Å². The molecule has 0 spiro atoms. The van der Waals surface area contributed by atoms with Crippen LogP contribution in [-0.4, -0.2) is 27.6 Å². The summed E-state index contributed by atoms with van der Waals surface area (Å²) in [6.07, 6.45) is 0. The molecule has 0 atom stereocenters. The van der Waals surface area contributed by atoms with E-state index in [0.29, 0.717) is 0 Å². The van der Waals surface area contributed by atoms with Gasteiger partial charge in [0.15, 0.2) is 0 Å². The molecule has 0 fully saturated rings. The Bertz CT molecular complexity index is 62.3. The average molecular weight is 204 g/mol. The van der Waals surface area contributed by atoms with Crippen LogP contribution in [0.2, 0.25) is 15.8 Å². The molecule has 0 aromatic rings. The van der Waals surface area contributed by atoms with Gasteiger partial charge in [-0.15, -0.1) is 0 Å². The van der Waals surface area contributed by atoms with Crippen LogP contribution in [0.25, 0.3) is 0 Å². The fraction of sp³-hybridized carbons (Fsp3) is 1.00. The fourth-order valence-electron chi connectivity index (χ4n) is 0.964. The molecule has 0 bridgehead atoms. The third-order valence-corrected chi connectivity index (χ3v) is 7.91. The van der Waals surface area contributed by atoms with E-state index in [2.05, 4.69) is 20.8 Å². The molecule has 0 saturated carbocycles. The maximum atomic E-state index is 5.31. The van der Waals surface area contributed by atoms with E-state index in [0.717, 1.165) is 13.2 Å². The van der Waals surface area contributed by atoms with Gasteiger partial charge in [0, 0.05) is 0 Å². The Hall–Kier alpha value is 0.503. The standard InChI is InChI=1S/C8H19GeO/c1-4-9(5-2)7-8-10-6-3/h4-8H2,1-3H3. The van der Waals surface area contributed by atoms with Crippen molar-refractivity contribution in [2.24, 2.45) is 0 Å². The van der Waals surface area contributed by atoms with Crippen molar-refractivity contribution >= 4 is 14.3 Å². The average Bonchev–Trinajstić information content (AvgIpc) is 1.99. The van der Waals surface area contributed by atoms with Crippen LogP contribution in [0.1, 0.15) is 20.8 Å². The van der Waals surface area contributed by atoms with Gasteiger partial charge in [0.2, 0.25) is 0 Å². The summed E-state index contributed by atoms with van der Waals surface area (Å²) in [5.41, 5.74) is 0. The summed E-state index contributed by atoms with van der Waals surface area (Å²) in [7, 11) is 0. The molecule has 0 aliphatic carbocycles. The van der Waals surface area contributed by atoms with Crippen molar-refractivity contribution < 1.29 is 4.74 Å². The van der Waals surface area contributed by atoms with Crippen LogP contribution in [0.4, 0.5) is 0 Å². The van der Waals surface area contributed by atoms with Crippen molar-refractivity contribution in [3.63, 3.8) is 0 Å². The van der Waals surface area contributed by atoms with Crippen LogP contribution < -0.4 is 0 Å². The molecule has 1 radical (unpaired) electrons. The van der Waals surface area contributed by atoms with E-state index < -0.39 is 14.3 Å². The summed E-state index contributed by atoms with van der Waals surface area (Å²) >= 11 is -0.595. The second-order valence-corrected chi connectivity index (χ2v) is 9.57. The zero-order chi connectivity index (χ0) is 7.82. The first-order chi connectivity index (χ1) is 4.85. The Labute approximate surface area is 69.3 Å². The van der Waals surface area contributed by atoms with Crippen molar-refractivity contribution in [3.8, 4) is 0 Å². The van der Waals surface area contributed by atoms with Gasteiger partial charge in [0.1, 0.15) is 0 Å². The van der Waals surface area contributed by atoms with Crippen LogP contribution in [0, 0.1) is 0 Å².